The number of hydrogen-bond donors (Lipinski definition) is 3. The lowest BCUT2D eigenvalue weighted by Gasteiger charge is -2.21. The minimum absolute atomic E-state index is 0.104. The third-order valence-corrected chi connectivity index (χ3v) is 18.8. The number of carbonyl (C=O) groups is 4. The highest BCUT2D eigenvalue weighted by Gasteiger charge is 2.30. The first-order valence-corrected chi connectivity index (χ1v) is 39.4. The van der Waals surface area contributed by atoms with E-state index in [0.717, 1.165) is 108 Å². The van der Waals surface area contributed by atoms with Gasteiger partial charge in [0, 0.05) is 25.7 Å². The van der Waals surface area contributed by atoms with Crippen LogP contribution in [0.4, 0.5) is 0 Å². The summed E-state index contributed by atoms with van der Waals surface area (Å²) in [6.45, 7) is 11.8. The number of phosphoric acid groups is 2. The van der Waals surface area contributed by atoms with E-state index in [0.29, 0.717) is 25.7 Å². The smallest absolute Gasteiger partial charge is 0.462 e. The van der Waals surface area contributed by atoms with Gasteiger partial charge in [-0.3, -0.25) is 37.3 Å². The number of phosphoric ester groups is 2. The quantitative estimate of drug-likeness (QED) is 0.0222. The molecule has 3 N–H and O–H groups in total. The van der Waals surface area contributed by atoms with Crippen LogP contribution in [0.1, 0.15) is 350 Å². The van der Waals surface area contributed by atoms with E-state index >= 15 is 0 Å². The predicted molar refractivity (Wildman–Crippen MR) is 358 cm³/mol. The number of ether oxygens (including phenoxy) is 4. The van der Waals surface area contributed by atoms with Crippen LogP contribution in [-0.2, 0) is 65.4 Å². The molecule has 0 bridgehead atoms. The molecule has 0 spiro atoms. The fraction of sp³-hybridized carbons (Fsp3) is 0.943. The van der Waals surface area contributed by atoms with Gasteiger partial charge in [0.15, 0.2) is 12.2 Å². The standard InChI is InChI=1S/C70H136O17P2/c1-8-11-12-13-14-15-16-17-18-21-32-39-46-53-69(74)86-65(57-80-67(72)51-44-37-30-22-19-20-27-34-41-48-61(4)5)59-84-88(76,77)82-55-64(71)56-83-89(78,79)85-60-66(87-70(75)54-47-40-33-26-24-29-36-43-50-63(7)10-3)58-81-68(73)52-45-38-31-25-23-28-35-42-49-62(6)9-2/h61-66,71H,8-60H2,1-7H3,(H,76,77)(H,78,79)/t62?,63?,64-,65-,66-/m1/s1. The summed E-state index contributed by atoms with van der Waals surface area (Å²) in [5, 5.41) is 10.6. The molecule has 89 heavy (non-hydrogen) atoms. The molecular weight excluding hydrogens is 1170 g/mol. The Balaban J connectivity index is 5.28. The maximum atomic E-state index is 13.0. The fourth-order valence-electron chi connectivity index (χ4n) is 10.5. The fourth-order valence-corrected chi connectivity index (χ4v) is 12.1. The van der Waals surface area contributed by atoms with E-state index in [-0.39, 0.29) is 25.7 Å². The molecule has 0 aromatic rings. The number of carbonyl (C=O) groups excluding carboxylic acids is 4. The average molecular weight is 1310 g/mol. The van der Waals surface area contributed by atoms with Crippen molar-refractivity contribution >= 4 is 39.5 Å². The van der Waals surface area contributed by atoms with Gasteiger partial charge >= 0.3 is 39.5 Å². The first-order chi connectivity index (χ1) is 42.8. The normalized spacial score (nSPS) is 14.8. The van der Waals surface area contributed by atoms with E-state index in [1.165, 1.54) is 161 Å². The molecule has 0 aliphatic rings. The Bertz CT molecular complexity index is 1750. The molecule has 528 valence electrons. The number of aliphatic hydroxyl groups excluding tert-OH is 1. The van der Waals surface area contributed by atoms with Gasteiger partial charge in [-0.05, 0) is 43.4 Å². The number of aliphatic hydroxyl groups is 1. The SMILES string of the molecule is CCCCCCCCCCCCCCCC(=O)O[C@H](COC(=O)CCCCCCCCCCCC(C)C)COP(=O)(O)OC[C@@H](O)COP(=O)(O)OC[C@@H](COC(=O)CCCCCCCCCCC(C)CC)OC(=O)CCCCCCCCCCC(C)CC. The highest BCUT2D eigenvalue weighted by molar-refractivity contribution is 7.47. The van der Waals surface area contributed by atoms with Crippen LogP contribution in [0.5, 0.6) is 0 Å². The summed E-state index contributed by atoms with van der Waals surface area (Å²) >= 11 is 0. The molecule has 0 rings (SSSR count). The molecule has 0 saturated carbocycles. The van der Waals surface area contributed by atoms with Crippen molar-refractivity contribution in [1.29, 1.82) is 0 Å². The molecule has 0 radical (unpaired) electrons. The van der Waals surface area contributed by atoms with Crippen LogP contribution in [0.3, 0.4) is 0 Å². The molecule has 0 amide bonds. The number of rotatable bonds is 68. The Morgan fingerprint density at radius 2 is 0.573 bits per heavy atom. The Hall–Kier alpha value is -1.94. The Kier molecular flexibility index (Phi) is 59.6. The summed E-state index contributed by atoms with van der Waals surface area (Å²) in [6.07, 6.45) is 44.2. The number of hydrogen-bond acceptors (Lipinski definition) is 15. The predicted octanol–water partition coefficient (Wildman–Crippen LogP) is 19.8. The lowest BCUT2D eigenvalue weighted by Crippen LogP contribution is -2.30. The molecule has 0 aliphatic heterocycles. The topological polar surface area (TPSA) is 237 Å². The second kappa shape index (κ2) is 61.0. The lowest BCUT2D eigenvalue weighted by atomic mass is 9.99. The summed E-state index contributed by atoms with van der Waals surface area (Å²) in [5.41, 5.74) is 0. The van der Waals surface area contributed by atoms with E-state index in [2.05, 4.69) is 48.5 Å². The van der Waals surface area contributed by atoms with Gasteiger partial charge in [0.2, 0.25) is 0 Å². The number of unbranched alkanes of at least 4 members (excludes halogenated alkanes) is 34. The van der Waals surface area contributed by atoms with Crippen LogP contribution in [0, 0.1) is 17.8 Å². The van der Waals surface area contributed by atoms with Crippen molar-refractivity contribution in [3.8, 4) is 0 Å². The molecule has 0 aromatic heterocycles. The summed E-state index contributed by atoms with van der Waals surface area (Å²) in [4.78, 5) is 72.6. The largest absolute Gasteiger partial charge is 0.472 e. The third kappa shape index (κ3) is 62.0. The molecule has 17 nitrogen and oxygen atoms in total. The second-order valence-electron chi connectivity index (χ2n) is 26.2. The molecular formula is C70H136O17P2. The maximum absolute atomic E-state index is 13.0. The van der Waals surface area contributed by atoms with Gasteiger partial charge in [0.25, 0.3) is 0 Å². The highest BCUT2D eigenvalue weighted by atomic mass is 31.2. The number of esters is 4. The first-order valence-electron chi connectivity index (χ1n) is 36.4. The summed E-state index contributed by atoms with van der Waals surface area (Å²) < 4.78 is 68.3. The minimum atomic E-state index is -4.95. The van der Waals surface area contributed by atoms with E-state index in [4.69, 9.17) is 37.0 Å². The van der Waals surface area contributed by atoms with Gasteiger partial charge < -0.3 is 33.8 Å². The summed E-state index contributed by atoms with van der Waals surface area (Å²) in [7, 11) is -9.90. The van der Waals surface area contributed by atoms with E-state index < -0.39 is 97.5 Å². The molecule has 0 saturated heterocycles. The van der Waals surface area contributed by atoms with Crippen molar-refractivity contribution in [1.82, 2.24) is 0 Å². The van der Waals surface area contributed by atoms with E-state index in [1.807, 2.05) is 0 Å². The summed E-state index contributed by atoms with van der Waals surface area (Å²) in [6, 6.07) is 0. The van der Waals surface area contributed by atoms with Crippen LogP contribution < -0.4 is 0 Å². The van der Waals surface area contributed by atoms with Crippen molar-refractivity contribution in [3.63, 3.8) is 0 Å². The Labute approximate surface area is 543 Å². The molecule has 4 unspecified atom stereocenters. The molecule has 0 heterocycles. The minimum Gasteiger partial charge on any atom is -0.462 e. The van der Waals surface area contributed by atoms with Crippen molar-refractivity contribution in [2.75, 3.05) is 39.6 Å². The van der Waals surface area contributed by atoms with Crippen molar-refractivity contribution in [2.45, 2.75) is 369 Å². The van der Waals surface area contributed by atoms with Crippen LogP contribution >= 0.6 is 15.6 Å². The van der Waals surface area contributed by atoms with Gasteiger partial charge in [0.1, 0.15) is 19.3 Å². The summed E-state index contributed by atoms with van der Waals surface area (Å²) in [5.74, 6) is 0.164. The zero-order valence-electron chi connectivity index (χ0n) is 57.9. The van der Waals surface area contributed by atoms with Gasteiger partial charge in [-0.2, -0.15) is 0 Å². The maximum Gasteiger partial charge on any atom is 0.472 e. The van der Waals surface area contributed by atoms with Gasteiger partial charge in [-0.15, -0.1) is 0 Å². The van der Waals surface area contributed by atoms with Crippen molar-refractivity contribution in [3.05, 3.63) is 0 Å². The highest BCUT2D eigenvalue weighted by Crippen LogP contribution is 2.45. The lowest BCUT2D eigenvalue weighted by molar-refractivity contribution is -0.161. The van der Waals surface area contributed by atoms with Gasteiger partial charge in [-0.25, -0.2) is 9.13 Å². The van der Waals surface area contributed by atoms with Crippen molar-refractivity contribution in [2.24, 2.45) is 17.8 Å². The zero-order valence-corrected chi connectivity index (χ0v) is 59.7. The molecule has 0 aromatic carbocycles. The van der Waals surface area contributed by atoms with Crippen LogP contribution in [0.25, 0.3) is 0 Å². The molecule has 0 aliphatic carbocycles. The van der Waals surface area contributed by atoms with Gasteiger partial charge in [-0.1, -0.05) is 299 Å². The Morgan fingerprint density at radius 1 is 0.326 bits per heavy atom. The monoisotopic (exact) mass is 1310 g/mol. The molecule has 0 fully saturated rings. The first kappa shape index (κ1) is 87.1. The van der Waals surface area contributed by atoms with E-state index in [9.17, 15) is 43.2 Å². The zero-order chi connectivity index (χ0) is 65.9. The van der Waals surface area contributed by atoms with Crippen molar-refractivity contribution < 1.29 is 80.2 Å². The average Bonchev–Trinajstić information content (AvgIpc) is 3.71. The second-order valence-corrected chi connectivity index (χ2v) is 29.1. The van der Waals surface area contributed by atoms with Crippen LogP contribution in [0.2, 0.25) is 0 Å². The van der Waals surface area contributed by atoms with Crippen LogP contribution in [0.15, 0.2) is 0 Å². The third-order valence-electron chi connectivity index (χ3n) is 16.9. The van der Waals surface area contributed by atoms with Crippen LogP contribution in [-0.4, -0.2) is 96.7 Å². The molecule has 7 atom stereocenters. The van der Waals surface area contributed by atoms with Gasteiger partial charge in [0.05, 0.1) is 26.4 Å². The Morgan fingerprint density at radius 3 is 0.854 bits per heavy atom. The van der Waals surface area contributed by atoms with E-state index in [1.54, 1.807) is 0 Å². The molecule has 19 heteroatoms.